The molecule has 0 aliphatic carbocycles. The van der Waals surface area contributed by atoms with E-state index in [0.29, 0.717) is 6.54 Å². The highest BCUT2D eigenvalue weighted by Gasteiger charge is 2.07. The van der Waals surface area contributed by atoms with Gasteiger partial charge in [0.2, 0.25) is 0 Å². The standard InChI is InChI=1S/C11H10N4OS/c1-14-7-12-15(11(14)16)6-10-13-8-4-2-3-5-9(8)17-10/h2-5,7H,6H2,1H3. The highest BCUT2D eigenvalue weighted by Crippen LogP contribution is 2.21. The largest absolute Gasteiger partial charge is 0.345 e. The minimum atomic E-state index is -0.121. The Morgan fingerprint density at radius 1 is 1.35 bits per heavy atom. The van der Waals surface area contributed by atoms with Crippen molar-refractivity contribution in [3.8, 4) is 0 Å². The van der Waals surface area contributed by atoms with E-state index >= 15 is 0 Å². The van der Waals surface area contributed by atoms with Crippen molar-refractivity contribution in [3.63, 3.8) is 0 Å². The number of hydrogen-bond acceptors (Lipinski definition) is 4. The molecule has 0 N–H and O–H groups in total. The van der Waals surface area contributed by atoms with Gasteiger partial charge in [0, 0.05) is 7.05 Å². The molecule has 0 saturated carbocycles. The molecule has 2 heterocycles. The SMILES string of the molecule is Cn1cnn(Cc2nc3ccccc3s2)c1=O. The first-order valence-electron chi connectivity index (χ1n) is 5.17. The Bertz CT molecular complexity index is 691. The first kappa shape index (κ1) is 10.2. The summed E-state index contributed by atoms with van der Waals surface area (Å²) < 4.78 is 4.00. The third-order valence-electron chi connectivity index (χ3n) is 2.51. The van der Waals surface area contributed by atoms with Crippen molar-refractivity contribution in [2.45, 2.75) is 6.54 Å². The Morgan fingerprint density at radius 2 is 2.18 bits per heavy atom. The fourth-order valence-corrected chi connectivity index (χ4v) is 2.59. The average Bonchev–Trinajstić information content (AvgIpc) is 2.87. The van der Waals surface area contributed by atoms with E-state index in [1.54, 1.807) is 18.4 Å². The van der Waals surface area contributed by atoms with Crippen molar-refractivity contribution >= 4 is 21.6 Å². The van der Waals surface area contributed by atoms with Crippen molar-refractivity contribution in [1.82, 2.24) is 19.3 Å². The lowest BCUT2D eigenvalue weighted by molar-refractivity contribution is 0.645. The number of hydrogen-bond donors (Lipinski definition) is 0. The fourth-order valence-electron chi connectivity index (χ4n) is 1.64. The molecule has 0 bridgehead atoms. The Balaban J connectivity index is 2.00. The van der Waals surface area contributed by atoms with Crippen molar-refractivity contribution in [2.24, 2.45) is 7.05 Å². The Labute approximate surface area is 101 Å². The number of para-hydroxylation sites is 1. The number of nitrogens with zero attached hydrogens (tertiary/aromatic N) is 4. The van der Waals surface area contributed by atoms with Crippen molar-refractivity contribution in [1.29, 1.82) is 0 Å². The van der Waals surface area contributed by atoms with E-state index in [-0.39, 0.29) is 5.69 Å². The van der Waals surface area contributed by atoms with E-state index in [2.05, 4.69) is 10.1 Å². The maximum atomic E-state index is 11.6. The van der Waals surface area contributed by atoms with Gasteiger partial charge in [0.05, 0.1) is 16.8 Å². The molecule has 17 heavy (non-hydrogen) atoms. The third-order valence-corrected chi connectivity index (χ3v) is 3.53. The summed E-state index contributed by atoms with van der Waals surface area (Å²) in [6.45, 7) is 0.430. The Kier molecular flexibility index (Phi) is 2.29. The summed E-state index contributed by atoms with van der Waals surface area (Å²) in [5.74, 6) is 0. The smallest absolute Gasteiger partial charge is 0.285 e. The zero-order valence-electron chi connectivity index (χ0n) is 9.20. The summed E-state index contributed by atoms with van der Waals surface area (Å²) in [6.07, 6.45) is 1.51. The van der Waals surface area contributed by atoms with Gasteiger partial charge in [-0.3, -0.25) is 4.57 Å². The maximum absolute atomic E-state index is 11.6. The van der Waals surface area contributed by atoms with Crippen LogP contribution in [0.1, 0.15) is 5.01 Å². The van der Waals surface area contributed by atoms with Crippen LogP contribution in [0.2, 0.25) is 0 Å². The van der Waals surface area contributed by atoms with Gasteiger partial charge in [0.15, 0.2) is 0 Å². The molecule has 0 radical (unpaired) electrons. The lowest BCUT2D eigenvalue weighted by Gasteiger charge is -1.93. The average molecular weight is 246 g/mol. The van der Waals surface area contributed by atoms with Gasteiger partial charge in [0.1, 0.15) is 11.3 Å². The number of aromatic nitrogens is 4. The molecule has 0 saturated heterocycles. The number of thiazole rings is 1. The lowest BCUT2D eigenvalue weighted by atomic mass is 10.3. The number of aryl methyl sites for hydroxylation is 1. The molecule has 0 unspecified atom stereocenters. The van der Waals surface area contributed by atoms with Crippen LogP contribution in [0.3, 0.4) is 0 Å². The van der Waals surface area contributed by atoms with Crippen LogP contribution >= 0.6 is 11.3 Å². The van der Waals surface area contributed by atoms with Crippen LogP contribution in [0.4, 0.5) is 0 Å². The molecule has 3 rings (SSSR count). The van der Waals surface area contributed by atoms with Gasteiger partial charge in [-0.05, 0) is 12.1 Å². The minimum Gasteiger partial charge on any atom is -0.285 e. The topological polar surface area (TPSA) is 52.7 Å². The Morgan fingerprint density at radius 3 is 2.88 bits per heavy atom. The summed E-state index contributed by atoms with van der Waals surface area (Å²) in [7, 11) is 1.68. The summed E-state index contributed by atoms with van der Waals surface area (Å²) >= 11 is 1.59. The predicted molar refractivity (Wildman–Crippen MR) is 66.2 cm³/mol. The predicted octanol–water partition coefficient (Wildman–Crippen LogP) is 1.24. The van der Waals surface area contributed by atoms with Crippen LogP contribution in [0.15, 0.2) is 35.4 Å². The summed E-state index contributed by atoms with van der Waals surface area (Å²) in [4.78, 5) is 16.1. The van der Waals surface area contributed by atoms with Gasteiger partial charge in [-0.2, -0.15) is 5.10 Å². The molecule has 0 aliphatic heterocycles. The van der Waals surface area contributed by atoms with Crippen LogP contribution in [0.5, 0.6) is 0 Å². The molecule has 0 amide bonds. The fraction of sp³-hybridized carbons (Fsp3) is 0.182. The summed E-state index contributed by atoms with van der Waals surface area (Å²) in [6, 6.07) is 7.93. The molecule has 6 heteroatoms. The number of benzene rings is 1. The maximum Gasteiger partial charge on any atom is 0.345 e. The van der Waals surface area contributed by atoms with E-state index in [1.165, 1.54) is 15.6 Å². The van der Waals surface area contributed by atoms with Crippen LogP contribution in [-0.2, 0) is 13.6 Å². The molecular formula is C11H10N4OS. The van der Waals surface area contributed by atoms with E-state index in [9.17, 15) is 4.79 Å². The molecule has 0 aliphatic rings. The van der Waals surface area contributed by atoms with Gasteiger partial charge in [-0.1, -0.05) is 12.1 Å². The molecule has 5 nitrogen and oxygen atoms in total. The lowest BCUT2D eigenvalue weighted by Crippen LogP contribution is -2.23. The molecular weight excluding hydrogens is 236 g/mol. The van der Waals surface area contributed by atoms with E-state index in [0.717, 1.165) is 15.2 Å². The zero-order chi connectivity index (χ0) is 11.8. The molecule has 1 aromatic carbocycles. The highest BCUT2D eigenvalue weighted by molar-refractivity contribution is 7.18. The van der Waals surface area contributed by atoms with Gasteiger partial charge < -0.3 is 0 Å². The molecule has 3 aromatic rings. The molecule has 0 fully saturated rings. The van der Waals surface area contributed by atoms with Crippen molar-refractivity contribution in [3.05, 3.63) is 46.1 Å². The zero-order valence-corrected chi connectivity index (χ0v) is 10.0. The van der Waals surface area contributed by atoms with Crippen LogP contribution < -0.4 is 5.69 Å². The first-order chi connectivity index (χ1) is 8.24. The van der Waals surface area contributed by atoms with Crippen LogP contribution in [-0.4, -0.2) is 19.3 Å². The van der Waals surface area contributed by atoms with Crippen molar-refractivity contribution in [2.75, 3.05) is 0 Å². The van der Waals surface area contributed by atoms with Crippen LogP contribution in [0, 0.1) is 0 Å². The Hall–Kier alpha value is -1.95. The number of fused-ring (bicyclic) bond motifs is 1. The summed E-state index contributed by atoms with van der Waals surface area (Å²) in [5, 5.41) is 4.91. The van der Waals surface area contributed by atoms with Gasteiger partial charge in [0.25, 0.3) is 0 Å². The van der Waals surface area contributed by atoms with E-state index in [4.69, 9.17) is 0 Å². The second-order valence-electron chi connectivity index (χ2n) is 3.76. The van der Waals surface area contributed by atoms with Crippen LogP contribution in [0.25, 0.3) is 10.2 Å². The van der Waals surface area contributed by atoms with E-state index < -0.39 is 0 Å². The normalized spacial score (nSPS) is 11.1. The second-order valence-corrected chi connectivity index (χ2v) is 4.87. The molecule has 86 valence electrons. The number of rotatable bonds is 2. The quantitative estimate of drug-likeness (QED) is 0.683. The van der Waals surface area contributed by atoms with Gasteiger partial charge in [-0.15, -0.1) is 11.3 Å². The van der Waals surface area contributed by atoms with Crippen molar-refractivity contribution < 1.29 is 0 Å². The second kappa shape index (κ2) is 3.81. The summed E-state index contributed by atoms with van der Waals surface area (Å²) in [5.41, 5.74) is 0.848. The molecule has 2 aromatic heterocycles. The first-order valence-corrected chi connectivity index (χ1v) is 5.98. The van der Waals surface area contributed by atoms with Gasteiger partial charge in [-0.25, -0.2) is 14.5 Å². The monoisotopic (exact) mass is 246 g/mol. The highest BCUT2D eigenvalue weighted by atomic mass is 32.1. The molecule has 0 spiro atoms. The molecule has 0 atom stereocenters. The third kappa shape index (κ3) is 1.76. The van der Waals surface area contributed by atoms with Gasteiger partial charge >= 0.3 is 5.69 Å². The van der Waals surface area contributed by atoms with E-state index in [1.807, 2.05) is 24.3 Å². The minimum absolute atomic E-state index is 0.121.